The van der Waals surface area contributed by atoms with E-state index in [-0.39, 0.29) is 11.8 Å². The van der Waals surface area contributed by atoms with Crippen LogP contribution in [0.25, 0.3) is 0 Å². The Morgan fingerprint density at radius 2 is 2.44 bits per heavy atom. The van der Waals surface area contributed by atoms with E-state index in [0.717, 1.165) is 12.1 Å². The lowest BCUT2D eigenvalue weighted by atomic mass is 10.0. The van der Waals surface area contributed by atoms with Gasteiger partial charge in [0.1, 0.15) is 0 Å². The van der Waals surface area contributed by atoms with Crippen LogP contribution in [0.1, 0.15) is 11.1 Å². The molecule has 1 saturated heterocycles. The summed E-state index contributed by atoms with van der Waals surface area (Å²) in [4.78, 5) is 11.9. The maximum absolute atomic E-state index is 11.9. The number of hydrogen-bond donors (Lipinski definition) is 1. The molecule has 3 heteroatoms. The van der Waals surface area contributed by atoms with Crippen molar-refractivity contribution in [2.75, 3.05) is 19.8 Å². The summed E-state index contributed by atoms with van der Waals surface area (Å²) in [5, 5.41) is 3.18. The number of benzene rings is 1. The number of hydrogen-bond acceptors (Lipinski definition) is 3. The highest BCUT2D eigenvalue weighted by molar-refractivity contribution is 5.86. The van der Waals surface area contributed by atoms with E-state index < -0.39 is 0 Å². The number of ketones is 1. The minimum atomic E-state index is -0.130. The molecule has 0 spiro atoms. The number of carbonyl (C=O) groups excluding carboxylic acids is 1. The molecule has 2 rings (SSSR count). The molecule has 1 N–H and O–H groups in total. The molecule has 0 amide bonds. The van der Waals surface area contributed by atoms with Crippen LogP contribution in [0, 0.1) is 6.92 Å². The first-order valence-corrected chi connectivity index (χ1v) is 5.65. The molecular weight excluding hydrogens is 202 g/mol. The molecule has 0 radical (unpaired) electrons. The normalized spacial score (nSPS) is 20.7. The van der Waals surface area contributed by atoms with Gasteiger partial charge in [-0.15, -0.1) is 0 Å². The maximum atomic E-state index is 11.9. The summed E-state index contributed by atoms with van der Waals surface area (Å²) in [6.07, 6.45) is 0.489. The summed E-state index contributed by atoms with van der Waals surface area (Å²) in [7, 11) is 0. The Hall–Kier alpha value is -1.19. The van der Waals surface area contributed by atoms with Crippen LogP contribution in [-0.2, 0) is 16.0 Å². The Bertz CT molecular complexity index is 370. The predicted octanol–water partition coefficient (Wildman–Crippen LogP) is 1.10. The first-order valence-electron chi connectivity index (χ1n) is 5.65. The van der Waals surface area contributed by atoms with Crippen molar-refractivity contribution in [2.45, 2.75) is 19.4 Å². The minimum Gasteiger partial charge on any atom is -0.378 e. The third-order valence-electron chi connectivity index (χ3n) is 2.77. The zero-order valence-corrected chi connectivity index (χ0v) is 9.53. The van der Waals surface area contributed by atoms with Crippen LogP contribution >= 0.6 is 0 Å². The third kappa shape index (κ3) is 2.90. The van der Waals surface area contributed by atoms with E-state index >= 15 is 0 Å². The summed E-state index contributed by atoms with van der Waals surface area (Å²) in [5.41, 5.74) is 2.27. The lowest BCUT2D eigenvalue weighted by Crippen LogP contribution is -2.47. The molecule has 16 heavy (non-hydrogen) atoms. The lowest BCUT2D eigenvalue weighted by molar-refractivity contribution is -0.123. The van der Waals surface area contributed by atoms with Gasteiger partial charge in [0.25, 0.3) is 0 Å². The maximum Gasteiger partial charge on any atom is 0.156 e. The van der Waals surface area contributed by atoms with Crippen molar-refractivity contribution in [3.05, 3.63) is 35.4 Å². The topological polar surface area (TPSA) is 38.3 Å². The highest BCUT2D eigenvalue weighted by Gasteiger charge is 2.20. The monoisotopic (exact) mass is 219 g/mol. The standard InChI is InChI=1S/C13H17NO2/c1-10-3-2-4-11(7-10)8-13(15)12-9-16-6-5-14-12/h2-4,7,12,14H,5-6,8-9H2,1H3. The van der Waals surface area contributed by atoms with E-state index in [1.54, 1.807) is 0 Å². The third-order valence-corrected chi connectivity index (χ3v) is 2.77. The SMILES string of the molecule is Cc1cccc(CC(=O)C2COCCN2)c1. The highest BCUT2D eigenvalue weighted by Crippen LogP contribution is 2.07. The molecule has 1 unspecified atom stereocenters. The van der Waals surface area contributed by atoms with Gasteiger partial charge in [-0.05, 0) is 12.5 Å². The van der Waals surface area contributed by atoms with E-state index in [4.69, 9.17) is 4.74 Å². The second kappa shape index (κ2) is 5.23. The van der Waals surface area contributed by atoms with Gasteiger partial charge in [0.15, 0.2) is 5.78 Å². The Morgan fingerprint density at radius 3 is 3.12 bits per heavy atom. The minimum absolute atomic E-state index is 0.130. The molecule has 1 fully saturated rings. The molecule has 1 aliphatic heterocycles. The Labute approximate surface area is 95.8 Å². The molecule has 1 atom stereocenters. The van der Waals surface area contributed by atoms with Crippen molar-refractivity contribution in [1.82, 2.24) is 5.32 Å². The quantitative estimate of drug-likeness (QED) is 0.827. The van der Waals surface area contributed by atoms with Gasteiger partial charge in [0.05, 0.1) is 19.3 Å². The molecule has 1 aliphatic rings. The number of ether oxygens (including phenoxy) is 1. The summed E-state index contributed by atoms with van der Waals surface area (Å²) < 4.78 is 5.28. The van der Waals surface area contributed by atoms with Crippen molar-refractivity contribution < 1.29 is 9.53 Å². The van der Waals surface area contributed by atoms with E-state index in [9.17, 15) is 4.79 Å². The first-order chi connectivity index (χ1) is 7.75. The largest absolute Gasteiger partial charge is 0.378 e. The highest BCUT2D eigenvalue weighted by atomic mass is 16.5. The zero-order valence-electron chi connectivity index (χ0n) is 9.53. The average Bonchev–Trinajstić information content (AvgIpc) is 2.30. The van der Waals surface area contributed by atoms with Crippen LogP contribution in [0.4, 0.5) is 0 Å². The van der Waals surface area contributed by atoms with Crippen LogP contribution in [0.2, 0.25) is 0 Å². The second-order valence-corrected chi connectivity index (χ2v) is 4.21. The Kier molecular flexibility index (Phi) is 3.70. The smallest absolute Gasteiger partial charge is 0.156 e. The number of rotatable bonds is 3. The molecule has 1 heterocycles. The van der Waals surface area contributed by atoms with Crippen LogP contribution in [0.5, 0.6) is 0 Å². The van der Waals surface area contributed by atoms with E-state index in [1.807, 2.05) is 25.1 Å². The van der Waals surface area contributed by atoms with E-state index in [1.165, 1.54) is 5.56 Å². The fourth-order valence-corrected chi connectivity index (χ4v) is 1.92. The second-order valence-electron chi connectivity index (χ2n) is 4.21. The van der Waals surface area contributed by atoms with Crippen LogP contribution in [-0.4, -0.2) is 31.6 Å². The molecule has 0 aliphatic carbocycles. The van der Waals surface area contributed by atoms with Crippen molar-refractivity contribution in [2.24, 2.45) is 0 Å². The number of morpholine rings is 1. The molecule has 3 nitrogen and oxygen atoms in total. The summed E-state index contributed by atoms with van der Waals surface area (Å²) in [6, 6.07) is 7.95. The number of nitrogens with one attached hydrogen (secondary N) is 1. The number of aryl methyl sites for hydroxylation is 1. The molecular formula is C13H17NO2. The number of Topliss-reactive ketones (excluding diaryl/α,β-unsaturated/α-hetero) is 1. The van der Waals surface area contributed by atoms with Crippen molar-refractivity contribution >= 4 is 5.78 Å². The van der Waals surface area contributed by atoms with Crippen LogP contribution in [0.15, 0.2) is 24.3 Å². The fourth-order valence-electron chi connectivity index (χ4n) is 1.92. The van der Waals surface area contributed by atoms with Crippen LogP contribution < -0.4 is 5.32 Å². The van der Waals surface area contributed by atoms with Gasteiger partial charge in [-0.1, -0.05) is 29.8 Å². The van der Waals surface area contributed by atoms with Crippen molar-refractivity contribution in [3.8, 4) is 0 Å². The summed E-state index contributed by atoms with van der Waals surface area (Å²) >= 11 is 0. The summed E-state index contributed by atoms with van der Waals surface area (Å²) in [5.74, 6) is 0.213. The molecule has 0 saturated carbocycles. The van der Waals surface area contributed by atoms with Gasteiger partial charge in [0.2, 0.25) is 0 Å². The van der Waals surface area contributed by atoms with Gasteiger partial charge in [-0.25, -0.2) is 0 Å². The van der Waals surface area contributed by atoms with Crippen molar-refractivity contribution in [3.63, 3.8) is 0 Å². The van der Waals surface area contributed by atoms with Gasteiger partial charge in [-0.3, -0.25) is 4.79 Å². The molecule has 0 aromatic heterocycles. The molecule has 1 aromatic carbocycles. The van der Waals surface area contributed by atoms with Gasteiger partial charge in [-0.2, -0.15) is 0 Å². The molecule has 0 bridgehead atoms. The van der Waals surface area contributed by atoms with Gasteiger partial charge in [0, 0.05) is 13.0 Å². The average molecular weight is 219 g/mol. The zero-order chi connectivity index (χ0) is 11.4. The lowest BCUT2D eigenvalue weighted by Gasteiger charge is -2.22. The van der Waals surface area contributed by atoms with Gasteiger partial charge >= 0.3 is 0 Å². The predicted molar refractivity (Wildman–Crippen MR) is 62.5 cm³/mol. The Balaban J connectivity index is 1.96. The summed E-state index contributed by atoms with van der Waals surface area (Å²) in [6.45, 7) is 4.01. The van der Waals surface area contributed by atoms with Gasteiger partial charge < -0.3 is 10.1 Å². The van der Waals surface area contributed by atoms with E-state index in [2.05, 4.69) is 11.4 Å². The Morgan fingerprint density at radius 1 is 1.56 bits per heavy atom. The first kappa shape index (κ1) is 11.3. The number of carbonyl (C=O) groups is 1. The molecule has 1 aromatic rings. The molecule has 86 valence electrons. The van der Waals surface area contributed by atoms with Crippen LogP contribution in [0.3, 0.4) is 0 Å². The van der Waals surface area contributed by atoms with E-state index in [0.29, 0.717) is 19.6 Å². The fraction of sp³-hybridized carbons (Fsp3) is 0.462. The van der Waals surface area contributed by atoms with Crippen molar-refractivity contribution in [1.29, 1.82) is 0 Å².